The highest BCUT2D eigenvalue weighted by atomic mass is 32.2. The first kappa shape index (κ1) is 15.5. The van der Waals surface area contributed by atoms with Crippen molar-refractivity contribution in [1.29, 1.82) is 0 Å². The van der Waals surface area contributed by atoms with Gasteiger partial charge in [0.15, 0.2) is 9.84 Å². The van der Waals surface area contributed by atoms with Crippen LogP contribution in [0, 0.1) is 11.8 Å². The number of hydrogen-bond acceptors (Lipinski definition) is 4. The molecular formula is C15H18N2O3S. The fourth-order valence-corrected chi connectivity index (χ4v) is 3.51. The number of benzene rings is 1. The smallest absolute Gasteiger partial charge is 0.255 e. The van der Waals surface area contributed by atoms with E-state index in [1.165, 1.54) is 0 Å². The average molecular weight is 306 g/mol. The lowest BCUT2D eigenvalue weighted by atomic mass is 10.1. The second-order valence-electron chi connectivity index (χ2n) is 4.85. The van der Waals surface area contributed by atoms with Crippen LogP contribution in [-0.4, -0.2) is 50.4 Å². The molecule has 6 heteroatoms. The number of sulfone groups is 1. The summed E-state index contributed by atoms with van der Waals surface area (Å²) in [6, 6.07) is 7.06. The molecule has 0 spiro atoms. The van der Waals surface area contributed by atoms with Crippen LogP contribution in [0.3, 0.4) is 0 Å². The Morgan fingerprint density at radius 2 is 2.00 bits per heavy atom. The summed E-state index contributed by atoms with van der Waals surface area (Å²) in [6.07, 6.45) is 0.477. The minimum absolute atomic E-state index is 0.0232. The van der Waals surface area contributed by atoms with Crippen molar-refractivity contribution in [1.82, 2.24) is 4.90 Å². The van der Waals surface area contributed by atoms with E-state index in [4.69, 9.17) is 5.73 Å². The molecule has 5 nitrogen and oxygen atoms in total. The Morgan fingerprint density at radius 3 is 2.76 bits per heavy atom. The number of rotatable bonds is 1. The summed E-state index contributed by atoms with van der Waals surface area (Å²) in [4.78, 5) is 14.2. The molecule has 1 saturated heterocycles. The molecule has 1 amide bonds. The van der Waals surface area contributed by atoms with Crippen molar-refractivity contribution >= 4 is 15.7 Å². The molecule has 2 rings (SSSR count). The second kappa shape index (κ2) is 6.74. The zero-order valence-corrected chi connectivity index (χ0v) is 12.5. The lowest BCUT2D eigenvalue weighted by Crippen LogP contribution is -2.34. The van der Waals surface area contributed by atoms with Gasteiger partial charge in [-0.05, 0) is 18.6 Å². The van der Waals surface area contributed by atoms with E-state index in [2.05, 4.69) is 11.8 Å². The van der Waals surface area contributed by atoms with Gasteiger partial charge in [-0.2, -0.15) is 0 Å². The molecule has 0 unspecified atom stereocenters. The molecule has 0 aliphatic carbocycles. The lowest BCUT2D eigenvalue weighted by molar-refractivity contribution is 0.0768. The third-order valence-electron chi connectivity index (χ3n) is 3.33. The molecule has 1 aromatic rings. The van der Waals surface area contributed by atoms with E-state index in [1.807, 2.05) is 6.07 Å². The van der Waals surface area contributed by atoms with Gasteiger partial charge in [-0.15, -0.1) is 0 Å². The predicted octanol–water partition coefficient (Wildman–Crippen LogP) is 0.258. The van der Waals surface area contributed by atoms with Gasteiger partial charge in [0, 0.05) is 18.7 Å². The van der Waals surface area contributed by atoms with Gasteiger partial charge in [0.25, 0.3) is 5.91 Å². The third-order valence-corrected chi connectivity index (χ3v) is 5.04. The highest BCUT2D eigenvalue weighted by Gasteiger charge is 2.24. The second-order valence-corrected chi connectivity index (χ2v) is 7.15. The average Bonchev–Trinajstić information content (AvgIpc) is 2.65. The van der Waals surface area contributed by atoms with Crippen LogP contribution in [0.15, 0.2) is 24.3 Å². The molecule has 0 atom stereocenters. The van der Waals surface area contributed by atoms with Gasteiger partial charge in [0.05, 0.1) is 23.6 Å². The van der Waals surface area contributed by atoms with Crippen LogP contribution in [0.25, 0.3) is 0 Å². The summed E-state index contributed by atoms with van der Waals surface area (Å²) in [6.45, 7) is 0.918. The zero-order chi connectivity index (χ0) is 15.3. The standard InChI is InChI=1S/C15H18N2O3S/c16-8-3-6-13-5-1-2-7-14(13)15(18)17-9-4-11-21(19,20)12-10-17/h1-2,5,7H,4,8-12,16H2. The molecule has 112 valence electrons. The first-order valence-corrected chi connectivity index (χ1v) is 8.63. The maximum absolute atomic E-state index is 12.6. The molecule has 0 saturated carbocycles. The van der Waals surface area contributed by atoms with Crippen molar-refractivity contribution in [3.05, 3.63) is 35.4 Å². The fraction of sp³-hybridized carbons (Fsp3) is 0.400. The van der Waals surface area contributed by atoms with E-state index in [1.54, 1.807) is 23.1 Å². The molecule has 0 radical (unpaired) electrons. The summed E-state index contributed by atoms with van der Waals surface area (Å²) in [5.74, 6) is 5.62. The van der Waals surface area contributed by atoms with Crippen LogP contribution in [0.1, 0.15) is 22.3 Å². The molecule has 1 aromatic carbocycles. The Balaban J connectivity index is 2.24. The number of nitrogens with zero attached hydrogens (tertiary/aromatic N) is 1. The minimum Gasteiger partial charge on any atom is -0.338 e. The molecule has 21 heavy (non-hydrogen) atoms. The largest absolute Gasteiger partial charge is 0.338 e. The van der Waals surface area contributed by atoms with Crippen LogP contribution in [-0.2, 0) is 9.84 Å². The number of hydrogen-bond donors (Lipinski definition) is 1. The number of carbonyl (C=O) groups is 1. The van der Waals surface area contributed by atoms with Gasteiger partial charge < -0.3 is 10.6 Å². The molecule has 0 aromatic heterocycles. The molecule has 0 bridgehead atoms. The van der Waals surface area contributed by atoms with Crippen molar-refractivity contribution in [3.8, 4) is 11.8 Å². The Morgan fingerprint density at radius 1 is 1.24 bits per heavy atom. The molecular weight excluding hydrogens is 288 g/mol. The Bertz CT molecular complexity index is 686. The normalized spacial score (nSPS) is 17.5. The fourth-order valence-electron chi connectivity index (χ4n) is 2.24. The van der Waals surface area contributed by atoms with Crippen LogP contribution < -0.4 is 5.73 Å². The van der Waals surface area contributed by atoms with Crippen molar-refractivity contribution < 1.29 is 13.2 Å². The first-order valence-electron chi connectivity index (χ1n) is 6.81. The monoisotopic (exact) mass is 306 g/mol. The van der Waals surface area contributed by atoms with Crippen molar-refractivity contribution in [2.24, 2.45) is 5.73 Å². The van der Waals surface area contributed by atoms with E-state index < -0.39 is 9.84 Å². The lowest BCUT2D eigenvalue weighted by Gasteiger charge is -2.20. The maximum atomic E-state index is 12.6. The Hall–Kier alpha value is -1.84. The van der Waals surface area contributed by atoms with E-state index in [-0.39, 0.29) is 30.5 Å². The highest BCUT2D eigenvalue weighted by Crippen LogP contribution is 2.14. The van der Waals surface area contributed by atoms with E-state index >= 15 is 0 Å². The summed E-state index contributed by atoms with van der Waals surface area (Å²) in [5, 5.41) is 0. The highest BCUT2D eigenvalue weighted by molar-refractivity contribution is 7.91. The first-order chi connectivity index (χ1) is 10.0. The number of carbonyl (C=O) groups excluding carboxylic acids is 1. The van der Waals surface area contributed by atoms with Crippen LogP contribution >= 0.6 is 0 Å². The van der Waals surface area contributed by atoms with Crippen molar-refractivity contribution in [2.45, 2.75) is 6.42 Å². The van der Waals surface area contributed by atoms with Crippen LogP contribution in [0.4, 0.5) is 0 Å². The molecule has 1 fully saturated rings. The van der Waals surface area contributed by atoms with Gasteiger partial charge >= 0.3 is 0 Å². The molecule has 1 heterocycles. The van der Waals surface area contributed by atoms with E-state index in [0.29, 0.717) is 24.1 Å². The molecule has 1 aliphatic heterocycles. The molecule has 1 aliphatic rings. The van der Waals surface area contributed by atoms with Crippen molar-refractivity contribution in [2.75, 3.05) is 31.1 Å². The van der Waals surface area contributed by atoms with E-state index in [9.17, 15) is 13.2 Å². The van der Waals surface area contributed by atoms with Gasteiger partial charge in [-0.1, -0.05) is 24.0 Å². The minimum atomic E-state index is -3.03. The molecule has 2 N–H and O–H groups in total. The van der Waals surface area contributed by atoms with Gasteiger partial charge in [-0.3, -0.25) is 4.79 Å². The third kappa shape index (κ3) is 4.06. The topological polar surface area (TPSA) is 80.5 Å². The van der Waals surface area contributed by atoms with Gasteiger partial charge in [-0.25, -0.2) is 8.42 Å². The van der Waals surface area contributed by atoms with Gasteiger partial charge in [0.2, 0.25) is 0 Å². The number of amides is 1. The number of nitrogens with two attached hydrogens (primary N) is 1. The summed E-state index contributed by atoms with van der Waals surface area (Å²) < 4.78 is 23.2. The Kier molecular flexibility index (Phi) is 4.99. The summed E-state index contributed by atoms with van der Waals surface area (Å²) in [5.41, 5.74) is 6.48. The van der Waals surface area contributed by atoms with Crippen LogP contribution in [0.2, 0.25) is 0 Å². The maximum Gasteiger partial charge on any atom is 0.255 e. The predicted molar refractivity (Wildman–Crippen MR) is 81.5 cm³/mol. The Labute approximate surface area is 125 Å². The summed E-state index contributed by atoms with van der Waals surface area (Å²) >= 11 is 0. The summed E-state index contributed by atoms with van der Waals surface area (Å²) in [7, 11) is -3.03. The SMILES string of the molecule is NCC#Cc1ccccc1C(=O)N1CCCS(=O)(=O)CC1. The van der Waals surface area contributed by atoms with Crippen molar-refractivity contribution in [3.63, 3.8) is 0 Å². The van der Waals surface area contributed by atoms with Gasteiger partial charge in [0.1, 0.15) is 0 Å². The van der Waals surface area contributed by atoms with Crippen LogP contribution in [0.5, 0.6) is 0 Å². The quantitative estimate of drug-likeness (QED) is 0.755. The van der Waals surface area contributed by atoms with E-state index in [0.717, 1.165) is 0 Å². The zero-order valence-electron chi connectivity index (χ0n) is 11.7.